The molecule has 0 atom stereocenters. The monoisotopic (exact) mass is 415 g/mol. The topological polar surface area (TPSA) is 136 Å². The van der Waals surface area contributed by atoms with Crippen LogP contribution in [0.1, 0.15) is 16.1 Å². The Bertz CT molecular complexity index is 1160. The molecule has 11 heteroatoms. The minimum absolute atomic E-state index is 0.0404. The Labute approximate surface area is 166 Å². The van der Waals surface area contributed by atoms with E-state index in [4.69, 9.17) is 0 Å². The molecule has 0 fully saturated rings. The zero-order valence-corrected chi connectivity index (χ0v) is 16.1. The van der Waals surface area contributed by atoms with Gasteiger partial charge in [-0.15, -0.1) is 0 Å². The van der Waals surface area contributed by atoms with Gasteiger partial charge in [0, 0.05) is 24.9 Å². The van der Waals surface area contributed by atoms with Crippen LogP contribution < -0.4 is 10.0 Å². The van der Waals surface area contributed by atoms with Crippen molar-refractivity contribution in [3.05, 3.63) is 82.2 Å². The third kappa shape index (κ3) is 4.65. The molecule has 150 valence electrons. The smallest absolute Gasteiger partial charge is 0.272 e. The van der Waals surface area contributed by atoms with Crippen molar-refractivity contribution in [2.24, 2.45) is 0 Å². The van der Waals surface area contributed by atoms with Crippen LogP contribution in [0.3, 0.4) is 0 Å². The van der Waals surface area contributed by atoms with Crippen molar-refractivity contribution in [3.8, 4) is 5.69 Å². The van der Waals surface area contributed by atoms with Crippen molar-refractivity contribution >= 4 is 21.6 Å². The van der Waals surface area contributed by atoms with E-state index in [1.807, 2.05) is 0 Å². The molecule has 3 rings (SSSR count). The van der Waals surface area contributed by atoms with Gasteiger partial charge in [0.25, 0.3) is 11.6 Å². The number of aromatic nitrogens is 2. The van der Waals surface area contributed by atoms with Gasteiger partial charge in [-0.3, -0.25) is 14.9 Å². The fraction of sp³-hybridized carbons (Fsp3) is 0.111. The van der Waals surface area contributed by atoms with Crippen molar-refractivity contribution in [1.82, 2.24) is 19.8 Å². The predicted molar refractivity (Wildman–Crippen MR) is 104 cm³/mol. The summed E-state index contributed by atoms with van der Waals surface area (Å²) < 4.78 is 27.4. The van der Waals surface area contributed by atoms with E-state index in [1.165, 1.54) is 54.2 Å². The van der Waals surface area contributed by atoms with E-state index in [1.54, 1.807) is 18.3 Å². The Kier molecular flexibility index (Phi) is 5.71. The van der Waals surface area contributed by atoms with E-state index in [2.05, 4.69) is 15.1 Å². The number of non-ortho nitro benzene ring substituents is 1. The highest BCUT2D eigenvalue weighted by Crippen LogP contribution is 2.15. The van der Waals surface area contributed by atoms with Crippen LogP contribution in [-0.2, 0) is 16.6 Å². The lowest BCUT2D eigenvalue weighted by Crippen LogP contribution is -2.24. The summed E-state index contributed by atoms with van der Waals surface area (Å²) in [6.07, 6.45) is 1.57. The zero-order chi connectivity index (χ0) is 21.0. The first-order chi connectivity index (χ1) is 13.8. The van der Waals surface area contributed by atoms with Crippen LogP contribution in [0.4, 0.5) is 5.69 Å². The van der Waals surface area contributed by atoms with Gasteiger partial charge in [0.2, 0.25) is 10.0 Å². The number of sulfonamides is 1. The van der Waals surface area contributed by atoms with Gasteiger partial charge in [-0.1, -0.05) is 12.1 Å². The van der Waals surface area contributed by atoms with Gasteiger partial charge >= 0.3 is 0 Å². The first kappa shape index (κ1) is 20.2. The maximum Gasteiger partial charge on any atom is 0.272 e. The number of carbonyl (C=O) groups is 1. The van der Waals surface area contributed by atoms with Crippen molar-refractivity contribution in [2.75, 3.05) is 7.05 Å². The van der Waals surface area contributed by atoms with Crippen LogP contribution in [0.5, 0.6) is 0 Å². The van der Waals surface area contributed by atoms with E-state index in [-0.39, 0.29) is 22.8 Å². The molecular formula is C18H17N5O5S. The summed E-state index contributed by atoms with van der Waals surface area (Å²) in [5.41, 5.74) is 1.30. The number of amides is 1. The lowest BCUT2D eigenvalue weighted by atomic mass is 10.2. The molecule has 0 radical (unpaired) electrons. The van der Waals surface area contributed by atoms with Gasteiger partial charge in [0.1, 0.15) is 0 Å². The highest BCUT2D eigenvalue weighted by Gasteiger charge is 2.13. The second kappa shape index (κ2) is 8.20. The molecule has 10 nitrogen and oxygen atoms in total. The number of nitro groups is 1. The third-order valence-electron chi connectivity index (χ3n) is 4.08. The maximum absolute atomic E-state index is 12.3. The van der Waals surface area contributed by atoms with E-state index in [0.29, 0.717) is 11.3 Å². The number of benzene rings is 2. The highest BCUT2D eigenvalue weighted by atomic mass is 32.2. The van der Waals surface area contributed by atoms with Gasteiger partial charge in [-0.05, 0) is 42.9 Å². The number of nitrogens with zero attached hydrogens (tertiary/aromatic N) is 3. The van der Waals surface area contributed by atoms with Crippen LogP contribution in [0.2, 0.25) is 0 Å². The maximum atomic E-state index is 12.3. The minimum atomic E-state index is -3.57. The highest BCUT2D eigenvalue weighted by molar-refractivity contribution is 7.89. The standard InChI is InChI=1S/C18H17N5O5S/c1-19-29(27,28)16-4-2-3-13(11-16)12-20-18(24)17-9-10-22(21-17)14-5-7-15(8-6-14)23(25)26/h2-11,19H,12H2,1H3,(H,20,24). The zero-order valence-electron chi connectivity index (χ0n) is 15.3. The molecule has 1 amide bonds. The van der Waals surface area contributed by atoms with Gasteiger partial charge in [-0.2, -0.15) is 5.10 Å². The Morgan fingerprint density at radius 1 is 1.17 bits per heavy atom. The molecule has 3 aromatic rings. The fourth-order valence-corrected chi connectivity index (χ4v) is 3.33. The second-order valence-corrected chi connectivity index (χ2v) is 7.84. The Balaban J connectivity index is 1.68. The molecular weight excluding hydrogens is 398 g/mol. The lowest BCUT2D eigenvalue weighted by Gasteiger charge is -2.07. The SMILES string of the molecule is CNS(=O)(=O)c1cccc(CNC(=O)c2ccn(-c3ccc([N+](=O)[O-])cc3)n2)c1. The van der Waals surface area contributed by atoms with Gasteiger partial charge in [0.15, 0.2) is 5.69 Å². The number of nitro benzene ring substituents is 1. The van der Waals surface area contributed by atoms with Crippen LogP contribution in [0.15, 0.2) is 65.7 Å². The molecule has 0 aliphatic carbocycles. The molecule has 29 heavy (non-hydrogen) atoms. The summed E-state index contributed by atoms with van der Waals surface area (Å²) in [6, 6.07) is 13.5. The summed E-state index contributed by atoms with van der Waals surface area (Å²) >= 11 is 0. The van der Waals surface area contributed by atoms with Crippen molar-refractivity contribution < 1.29 is 18.1 Å². The molecule has 2 aromatic carbocycles. The molecule has 0 saturated carbocycles. The largest absolute Gasteiger partial charge is 0.347 e. The molecule has 2 N–H and O–H groups in total. The minimum Gasteiger partial charge on any atom is -0.347 e. The van der Waals surface area contributed by atoms with E-state index in [0.717, 1.165) is 0 Å². The van der Waals surface area contributed by atoms with Crippen molar-refractivity contribution in [2.45, 2.75) is 11.4 Å². The van der Waals surface area contributed by atoms with Crippen LogP contribution in [0.25, 0.3) is 5.69 Å². The Hall–Kier alpha value is -3.57. The molecule has 0 aliphatic rings. The van der Waals surface area contributed by atoms with E-state index in [9.17, 15) is 23.3 Å². The average molecular weight is 415 g/mol. The molecule has 0 saturated heterocycles. The Morgan fingerprint density at radius 3 is 2.55 bits per heavy atom. The molecule has 1 heterocycles. The number of rotatable bonds is 7. The van der Waals surface area contributed by atoms with Crippen molar-refractivity contribution in [3.63, 3.8) is 0 Å². The normalized spacial score (nSPS) is 11.2. The van der Waals surface area contributed by atoms with Gasteiger partial charge < -0.3 is 5.32 Å². The number of carbonyl (C=O) groups excluding carboxylic acids is 1. The summed E-state index contributed by atoms with van der Waals surface area (Å²) in [5, 5.41) is 17.6. The molecule has 0 aliphatic heterocycles. The summed E-state index contributed by atoms with van der Waals surface area (Å²) in [4.78, 5) is 22.7. The average Bonchev–Trinajstić information content (AvgIpc) is 3.22. The first-order valence-electron chi connectivity index (χ1n) is 8.41. The second-order valence-electron chi connectivity index (χ2n) is 5.96. The summed E-state index contributed by atoms with van der Waals surface area (Å²) in [7, 11) is -2.24. The van der Waals surface area contributed by atoms with Gasteiger partial charge in [0.05, 0.1) is 15.5 Å². The van der Waals surface area contributed by atoms with Crippen LogP contribution in [0, 0.1) is 10.1 Å². The molecule has 1 aromatic heterocycles. The first-order valence-corrected chi connectivity index (χ1v) is 9.89. The third-order valence-corrected chi connectivity index (χ3v) is 5.49. The lowest BCUT2D eigenvalue weighted by molar-refractivity contribution is -0.384. The van der Waals surface area contributed by atoms with Crippen LogP contribution in [-0.4, -0.2) is 36.1 Å². The predicted octanol–water partition coefficient (Wildman–Crippen LogP) is 1.62. The molecule has 0 unspecified atom stereocenters. The molecule has 0 bridgehead atoms. The number of hydrogen-bond donors (Lipinski definition) is 2. The van der Waals surface area contributed by atoms with Gasteiger partial charge in [-0.25, -0.2) is 17.8 Å². The Morgan fingerprint density at radius 2 is 1.90 bits per heavy atom. The van der Waals surface area contributed by atoms with Crippen LogP contribution >= 0.6 is 0 Å². The van der Waals surface area contributed by atoms with E-state index < -0.39 is 20.9 Å². The summed E-state index contributed by atoms with van der Waals surface area (Å²) in [6.45, 7) is 0.121. The number of hydrogen-bond acceptors (Lipinski definition) is 6. The van der Waals surface area contributed by atoms with Crippen molar-refractivity contribution in [1.29, 1.82) is 0 Å². The molecule has 0 spiro atoms. The van der Waals surface area contributed by atoms with E-state index >= 15 is 0 Å². The summed E-state index contributed by atoms with van der Waals surface area (Å²) in [5.74, 6) is -0.437. The quantitative estimate of drug-likeness (QED) is 0.444. The fourth-order valence-electron chi connectivity index (χ4n) is 2.53. The number of nitrogens with one attached hydrogen (secondary N) is 2.